The van der Waals surface area contributed by atoms with Crippen molar-refractivity contribution in [2.45, 2.75) is 37.4 Å². The third kappa shape index (κ3) is 1.71. The van der Waals surface area contributed by atoms with Gasteiger partial charge in [0.1, 0.15) is 6.23 Å². The summed E-state index contributed by atoms with van der Waals surface area (Å²) in [5, 5.41) is 28.4. The second-order valence-electron chi connectivity index (χ2n) is 9.65. The molecule has 8 rings (SSSR count). The predicted molar refractivity (Wildman–Crippen MR) is 125 cm³/mol. The Morgan fingerprint density at radius 1 is 1.06 bits per heavy atom. The van der Waals surface area contributed by atoms with Crippen molar-refractivity contribution in [2.24, 2.45) is 0 Å². The SMILES string of the molecule is C[C@]12OC(C[C@]1(O)C(=O)O)n1c3ccccc3c3c4c(c5c6ccccc6n2c5c31)CNC4=O. The molecule has 5 heterocycles. The van der Waals surface area contributed by atoms with Crippen LogP contribution in [-0.2, 0) is 21.8 Å². The number of carbonyl (C=O) groups excluding carboxylic acids is 1. The molecule has 0 aliphatic carbocycles. The minimum atomic E-state index is -2.16. The molecule has 2 bridgehead atoms. The summed E-state index contributed by atoms with van der Waals surface area (Å²) < 4.78 is 10.4. The van der Waals surface area contributed by atoms with Gasteiger partial charge in [0.25, 0.3) is 5.91 Å². The van der Waals surface area contributed by atoms with Crippen molar-refractivity contribution in [3.8, 4) is 0 Å². The average molecular weight is 453 g/mol. The highest BCUT2D eigenvalue weighted by atomic mass is 16.6. The van der Waals surface area contributed by atoms with Crippen molar-refractivity contribution in [3.05, 3.63) is 59.7 Å². The Hall–Kier alpha value is -3.88. The van der Waals surface area contributed by atoms with Crippen LogP contribution in [0.5, 0.6) is 0 Å². The molecule has 2 aromatic heterocycles. The van der Waals surface area contributed by atoms with Gasteiger partial charge in [0.05, 0.1) is 27.6 Å². The van der Waals surface area contributed by atoms with E-state index in [1.165, 1.54) is 0 Å². The highest BCUT2D eigenvalue weighted by Crippen LogP contribution is 2.57. The van der Waals surface area contributed by atoms with E-state index in [-0.39, 0.29) is 12.3 Å². The Balaban J connectivity index is 1.77. The maximum atomic E-state index is 13.2. The molecule has 8 heteroatoms. The lowest BCUT2D eigenvalue weighted by molar-refractivity contribution is -0.200. The average Bonchev–Trinajstić information content (AvgIpc) is 3.51. The molecule has 0 radical (unpaired) electrons. The van der Waals surface area contributed by atoms with Gasteiger partial charge in [0.2, 0.25) is 5.60 Å². The van der Waals surface area contributed by atoms with E-state index < -0.39 is 23.5 Å². The zero-order valence-electron chi connectivity index (χ0n) is 18.1. The number of hydrogen-bond donors (Lipinski definition) is 3. The van der Waals surface area contributed by atoms with Gasteiger partial charge in [-0.05, 0) is 24.6 Å². The number of hydrogen-bond acceptors (Lipinski definition) is 4. The monoisotopic (exact) mass is 453 g/mol. The van der Waals surface area contributed by atoms with E-state index >= 15 is 0 Å². The third-order valence-corrected chi connectivity index (χ3v) is 8.19. The molecule has 0 spiro atoms. The summed E-state index contributed by atoms with van der Waals surface area (Å²) in [7, 11) is 0. The largest absolute Gasteiger partial charge is 0.479 e. The molecule has 3 aromatic carbocycles. The summed E-state index contributed by atoms with van der Waals surface area (Å²) >= 11 is 0. The Labute approximate surface area is 191 Å². The zero-order chi connectivity index (χ0) is 23.1. The van der Waals surface area contributed by atoms with Crippen LogP contribution in [0.4, 0.5) is 0 Å². The Morgan fingerprint density at radius 2 is 1.74 bits per heavy atom. The van der Waals surface area contributed by atoms with Crippen molar-refractivity contribution in [2.75, 3.05) is 0 Å². The minimum absolute atomic E-state index is 0.111. The fourth-order valence-corrected chi connectivity index (χ4v) is 6.73. The number of carboxylic acids is 1. The standard InChI is InChI=1S/C26H19N3O5/c1-25-26(33,24(31)32)10-17(34-25)28-15-8-4-2-6-12(15)19-20-14(11-27-23(20)30)18-13-7-3-5-9-16(13)29(25)22(18)21(19)28/h2-9,17,33H,10-11H2,1H3,(H,27,30)(H,31,32)/t17?,25-,26-/m0/s1. The van der Waals surface area contributed by atoms with Crippen LogP contribution in [-0.4, -0.2) is 36.8 Å². The second kappa shape index (κ2) is 5.43. The van der Waals surface area contributed by atoms with Crippen LogP contribution in [0, 0.1) is 0 Å². The van der Waals surface area contributed by atoms with Crippen LogP contribution in [0.1, 0.15) is 35.5 Å². The molecule has 1 unspecified atom stereocenters. The summed E-state index contributed by atoms with van der Waals surface area (Å²) in [6.07, 6.45) is -0.846. The molecule has 3 aliphatic heterocycles. The zero-order valence-corrected chi connectivity index (χ0v) is 18.1. The number of aliphatic carboxylic acids is 1. The Bertz CT molecular complexity index is 1810. The van der Waals surface area contributed by atoms with Crippen LogP contribution in [0.25, 0.3) is 43.6 Å². The first-order valence-electron chi connectivity index (χ1n) is 11.3. The first-order chi connectivity index (χ1) is 16.4. The van der Waals surface area contributed by atoms with Crippen molar-refractivity contribution in [1.29, 1.82) is 0 Å². The number of rotatable bonds is 1. The molecular weight excluding hydrogens is 434 g/mol. The van der Waals surface area contributed by atoms with E-state index in [1.807, 2.05) is 57.7 Å². The highest BCUT2D eigenvalue weighted by Gasteiger charge is 2.65. The number of aliphatic hydroxyl groups is 1. The predicted octanol–water partition coefficient (Wildman–Crippen LogP) is 3.57. The molecule has 8 nitrogen and oxygen atoms in total. The fourth-order valence-electron chi connectivity index (χ4n) is 6.73. The van der Waals surface area contributed by atoms with E-state index in [1.54, 1.807) is 6.92 Å². The van der Waals surface area contributed by atoms with E-state index in [0.717, 1.165) is 49.2 Å². The van der Waals surface area contributed by atoms with Crippen LogP contribution in [0.2, 0.25) is 0 Å². The highest BCUT2D eigenvalue weighted by molar-refractivity contribution is 6.31. The van der Waals surface area contributed by atoms with Gasteiger partial charge in [-0.1, -0.05) is 36.4 Å². The van der Waals surface area contributed by atoms with Crippen molar-refractivity contribution < 1.29 is 24.5 Å². The van der Waals surface area contributed by atoms with Crippen LogP contribution < -0.4 is 5.32 Å². The molecule has 3 aliphatic rings. The van der Waals surface area contributed by atoms with Crippen molar-refractivity contribution >= 4 is 55.5 Å². The minimum Gasteiger partial charge on any atom is -0.479 e. The van der Waals surface area contributed by atoms with Gasteiger partial charge >= 0.3 is 5.97 Å². The number of para-hydroxylation sites is 2. The molecule has 5 aromatic rings. The summed E-state index contributed by atoms with van der Waals surface area (Å²) in [6.45, 7) is 2.04. The van der Waals surface area contributed by atoms with Crippen LogP contribution >= 0.6 is 0 Å². The smallest absolute Gasteiger partial charge is 0.341 e. The lowest BCUT2D eigenvalue weighted by Crippen LogP contribution is -2.55. The van der Waals surface area contributed by atoms with Gasteiger partial charge in [-0.25, -0.2) is 4.79 Å². The number of amides is 1. The van der Waals surface area contributed by atoms with Gasteiger partial charge in [0, 0.05) is 34.5 Å². The molecule has 3 atom stereocenters. The first kappa shape index (κ1) is 18.5. The number of nitrogens with zero attached hydrogens (tertiary/aromatic N) is 2. The number of nitrogens with one attached hydrogen (secondary N) is 1. The van der Waals surface area contributed by atoms with Crippen LogP contribution in [0.3, 0.4) is 0 Å². The summed E-state index contributed by atoms with van der Waals surface area (Å²) in [6, 6.07) is 15.5. The quantitative estimate of drug-likeness (QED) is 0.360. The van der Waals surface area contributed by atoms with Crippen molar-refractivity contribution in [3.63, 3.8) is 0 Å². The van der Waals surface area contributed by atoms with Gasteiger partial charge in [-0.3, -0.25) is 4.79 Å². The summed E-state index contributed by atoms with van der Waals surface area (Å²) in [5.41, 5.74) is 1.05. The number of ether oxygens (including phenoxy) is 1. The van der Waals surface area contributed by atoms with Gasteiger partial charge < -0.3 is 29.4 Å². The van der Waals surface area contributed by atoms with Gasteiger partial charge in [-0.2, -0.15) is 0 Å². The Kier molecular flexibility index (Phi) is 2.96. The van der Waals surface area contributed by atoms with Gasteiger partial charge in [-0.15, -0.1) is 0 Å². The fraction of sp³-hybridized carbons (Fsp3) is 0.231. The van der Waals surface area contributed by atoms with Crippen molar-refractivity contribution in [1.82, 2.24) is 14.5 Å². The lowest BCUT2D eigenvalue weighted by Gasteiger charge is -2.36. The number of fused-ring (bicyclic) bond motifs is 13. The summed E-state index contributed by atoms with van der Waals surface area (Å²) in [5.74, 6) is -1.43. The molecule has 34 heavy (non-hydrogen) atoms. The molecular formula is C26H19N3O5. The number of benzene rings is 3. The van der Waals surface area contributed by atoms with E-state index in [4.69, 9.17) is 4.74 Å². The van der Waals surface area contributed by atoms with E-state index in [2.05, 4.69) is 5.32 Å². The number of carbonyl (C=O) groups is 2. The number of aromatic nitrogens is 2. The molecule has 1 fully saturated rings. The van der Waals surface area contributed by atoms with E-state index in [9.17, 15) is 19.8 Å². The normalized spacial score (nSPS) is 27.2. The molecule has 1 amide bonds. The maximum absolute atomic E-state index is 13.2. The van der Waals surface area contributed by atoms with E-state index in [0.29, 0.717) is 12.1 Å². The Morgan fingerprint density at radius 3 is 2.47 bits per heavy atom. The maximum Gasteiger partial charge on any atom is 0.341 e. The molecule has 168 valence electrons. The molecule has 3 N–H and O–H groups in total. The first-order valence-corrected chi connectivity index (χ1v) is 11.3. The molecule has 0 saturated carbocycles. The lowest BCUT2D eigenvalue weighted by atomic mass is 9.89. The van der Waals surface area contributed by atoms with Crippen LogP contribution in [0.15, 0.2) is 48.5 Å². The topological polar surface area (TPSA) is 106 Å². The third-order valence-electron chi connectivity index (χ3n) is 8.19. The molecule has 1 saturated heterocycles. The summed E-state index contributed by atoms with van der Waals surface area (Å²) in [4.78, 5) is 25.7. The second-order valence-corrected chi connectivity index (χ2v) is 9.65. The number of carboxylic acid groups (broad SMARTS) is 1. The van der Waals surface area contributed by atoms with Gasteiger partial charge in [0.15, 0.2) is 5.72 Å².